The normalized spacial score (nSPS) is 20.4. The summed E-state index contributed by atoms with van der Waals surface area (Å²) in [6, 6.07) is 25.5. The molecule has 1 amide bonds. The van der Waals surface area contributed by atoms with Gasteiger partial charge in [-0.25, -0.2) is 0 Å². The molecule has 2 saturated carbocycles. The third-order valence-electron chi connectivity index (χ3n) is 6.20. The molecule has 2 aliphatic carbocycles. The summed E-state index contributed by atoms with van der Waals surface area (Å²) in [6.07, 6.45) is 3.98. The van der Waals surface area contributed by atoms with Gasteiger partial charge < -0.3 is 11.1 Å². The van der Waals surface area contributed by atoms with Crippen LogP contribution in [-0.2, 0) is 0 Å². The highest BCUT2D eigenvalue weighted by Gasteiger charge is 2.40. The van der Waals surface area contributed by atoms with E-state index in [0.717, 1.165) is 18.0 Å². The van der Waals surface area contributed by atoms with Crippen molar-refractivity contribution in [3.8, 4) is 22.3 Å². The summed E-state index contributed by atoms with van der Waals surface area (Å²) in [5, 5.41) is 3.77. The fourth-order valence-electron chi connectivity index (χ4n) is 4.27. The van der Waals surface area contributed by atoms with E-state index in [0.29, 0.717) is 17.5 Å². The van der Waals surface area contributed by atoms with Gasteiger partial charge in [-0.05, 0) is 71.7 Å². The average Bonchev–Trinajstić information content (AvgIpc) is 3.67. The van der Waals surface area contributed by atoms with Gasteiger partial charge in [0, 0.05) is 17.5 Å². The molecule has 0 aliphatic heterocycles. The number of carbonyl (C=O) groups excluding carboxylic acids is 1. The van der Waals surface area contributed by atoms with E-state index < -0.39 is 5.91 Å². The van der Waals surface area contributed by atoms with Gasteiger partial charge in [0.1, 0.15) is 0 Å². The van der Waals surface area contributed by atoms with Crippen LogP contribution in [0.4, 0.5) is 0 Å². The molecular weight excluding hydrogens is 356 g/mol. The molecule has 0 radical (unpaired) electrons. The predicted octanol–water partition coefficient (Wildman–Crippen LogP) is 4.98. The number of primary amides is 1. The van der Waals surface area contributed by atoms with Crippen molar-refractivity contribution in [2.75, 3.05) is 6.54 Å². The van der Waals surface area contributed by atoms with Crippen molar-refractivity contribution in [1.29, 1.82) is 0 Å². The molecule has 146 valence electrons. The van der Waals surface area contributed by atoms with Gasteiger partial charge in [0.05, 0.1) is 0 Å². The van der Waals surface area contributed by atoms with E-state index in [1.807, 2.05) is 24.3 Å². The lowest BCUT2D eigenvalue weighted by atomic mass is 9.88. The molecule has 0 heterocycles. The molecule has 0 spiro atoms. The molecular formula is C26H26N2O. The molecule has 0 aromatic heterocycles. The van der Waals surface area contributed by atoms with Crippen LogP contribution in [0.3, 0.4) is 0 Å². The van der Waals surface area contributed by atoms with Crippen LogP contribution in [0.25, 0.3) is 22.3 Å². The molecule has 2 aliphatic rings. The molecule has 2 atom stereocenters. The van der Waals surface area contributed by atoms with Gasteiger partial charge >= 0.3 is 0 Å². The summed E-state index contributed by atoms with van der Waals surface area (Å²) in [4.78, 5) is 11.5. The van der Waals surface area contributed by atoms with E-state index in [1.165, 1.54) is 41.5 Å². The Hall–Kier alpha value is -2.91. The van der Waals surface area contributed by atoms with Gasteiger partial charge in [0.15, 0.2) is 0 Å². The first kappa shape index (κ1) is 18.1. The minimum absolute atomic E-state index is 0.392. The second-order valence-electron chi connectivity index (χ2n) is 8.38. The van der Waals surface area contributed by atoms with Crippen molar-refractivity contribution in [3.05, 3.63) is 83.9 Å². The van der Waals surface area contributed by atoms with Crippen LogP contribution in [0.15, 0.2) is 72.8 Å². The van der Waals surface area contributed by atoms with Crippen molar-refractivity contribution in [1.82, 2.24) is 5.32 Å². The first-order valence-corrected chi connectivity index (χ1v) is 10.5. The van der Waals surface area contributed by atoms with Crippen molar-refractivity contribution in [3.63, 3.8) is 0 Å². The zero-order valence-electron chi connectivity index (χ0n) is 16.5. The minimum atomic E-state index is -0.392. The zero-order chi connectivity index (χ0) is 19.8. The maximum absolute atomic E-state index is 11.5. The molecule has 2 fully saturated rings. The first-order chi connectivity index (χ1) is 14.2. The van der Waals surface area contributed by atoms with Crippen molar-refractivity contribution < 1.29 is 4.79 Å². The first-order valence-electron chi connectivity index (χ1n) is 10.5. The number of hydrogen-bond acceptors (Lipinski definition) is 2. The van der Waals surface area contributed by atoms with Crippen LogP contribution in [-0.4, -0.2) is 18.5 Å². The molecule has 5 rings (SSSR count). The predicted molar refractivity (Wildman–Crippen MR) is 118 cm³/mol. The number of nitrogens with one attached hydrogen (secondary N) is 1. The minimum Gasteiger partial charge on any atom is -0.366 e. The topological polar surface area (TPSA) is 55.1 Å². The van der Waals surface area contributed by atoms with Gasteiger partial charge in [-0.1, -0.05) is 60.7 Å². The number of rotatable bonds is 7. The molecule has 29 heavy (non-hydrogen) atoms. The lowest BCUT2D eigenvalue weighted by molar-refractivity contribution is 0.100. The number of carbonyl (C=O) groups is 1. The smallest absolute Gasteiger partial charge is 0.248 e. The molecule has 3 aromatic rings. The Morgan fingerprint density at radius 3 is 2.34 bits per heavy atom. The molecule has 0 bridgehead atoms. The van der Waals surface area contributed by atoms with Crippen molar-refractivity contribution in [2.24, 2.45) is 11.7 Å². The Kier molecular flexibility index (Phi) is 4.69. The van der Waals surface area contributed by atoms with Gasteiger partial charge in [-0.3, -0.25) is 4.79 Å². The van der Waals surface area contributed by atoms with Gasteiger partial charge in [-0.15, -0.1) is 0 Å². The highest BCUT2D eigenvalue weighted by atomic mass is 16.1. The number of nitrogens with two attached hydrogens (primary N) is 1. The molecule has 3 N–H and O–H groups in total. The Morgan fingerprint density at radius 2 is 1.66 bits per heavy atom. The Labute approximate surface area is 172 Å². The van der Waals surface area contributed by atoms with Gasteiger partial charge in [-0.2, -0.15) is 0 Å². The van der Waals surface area contributed by atoms with Crippen LogP contribution in [0.5, 0.6) is 0 Å². The quantitative estimate of drug-likeness (QED) is 0.606. The third-order valence-corrected chi connectivity index (χ3v) is 6.20. The Morgan fingerprint density at radius 1 is 0.897 bits per heavy atom. The van der Waals surface area contributed by atoms with Crippen LogP contribution in [0, 0.1) is 5.92 Å². The fourth-order valence-corrected chi connectivity index (χ4v) is 4.27. The fraction of sp³-hybridized carbons (Fsp3) is 0.269. The van der Waals surface area contributed by atoms with E-state index in [-0.39, 0.29) is 0 Å². The standard InChI is InChI=1S/C26H26N2O/c27-26(29)20-13-11-18(12-14-20)21-7-4-8-22(25(21)19-5-2-1-3-6-19)23-15-24(23)28-16-17-9-10-17/h1-8,11-14,17,23-24,28H,9-10,15-16H2,(H2,27,29)/t23-,24+/m0/s1. The molecule has 0 saturated heterocycles. The van der Waals surface area contributed by atoms with Crippen LogP contribution < -0.4 is 11.1 Å². The van der Waals surface area contributed by atoms with Crippen LogP contribution in [0.1, 0.15) is 41.1 Å². The molecule has 3 heteroatoms. The summed E-state index contributed by atoms with van der Waals surface area (Å²) < 4.78 is 0. The summed E-state index contributed by atoms with van der Waals surface area (Å²) in [5.41, 5.74) is 12.2. The number of hydrogen-bond donors (Lipinski definition) is 2. The highest BCUT2D eigenvalue weighted by Crippen LogP contribution is 2.48. The second kappa shape index (κ2) is 7.49. The largest absolute Gasteiger partial charge is 0.366 e. The van der Waals surface area contributed by atoms with Crippen LogP contribution >= 0.6 is 0 Å². The Balaban J connectivity index is 1.53. The van der Waals surface area contributed by atoms with E-state index in [9.17, 15) is 4.79 Å². The lowest BCUT2D eigenvalue weighted by Gasteiger charge is -2.16. The Bertz CT molecular complexity index is 1020. The summed E-state index contributed by atoms with van der Waals surface area (Å²) >= 11 is 0. The van der Waals surface area contributed by atoms with E-state index >= 15 is 0 Å². The molecule has 0 unspecified atom stereocenters. The van der Waals surface area contributed by atoms with Gasteiger partial charge in [0.2, 0.25) is 5.91 Å². The van der Waals surface area contributed by atoms with E-state index in [1.54, 1.807) is 0 Å². The molecule has 3 aromatic carbocycles. The zero-order valence-corrected chi connectivity index (χ0v) is 16.5. The van der Waals surface area contributed by atoms with Crippen LogP contribution in [0.2, 0.25) is 0 Å². The number of benzene rings is 3. The summed E-state index contributed by atoms with van der Waals surface area (Å²) in [6.45, 7) is 1.16. The monoisotopic (exact) mass is 382 g/mol. The maximum Gasteiger partial charge on any atom is 0.248 e. The lowest BCUT2D eigenvalue weighted by Crippen LogP contribution is -2.20. The number of amides is 1. The maximum atomic E-state index is 11.5. The third kappa shape index (κ3) is 3.83. The van der Waals surface area contributed by atoms with E-state index in [2.05, 4.69) is 53.8 Å². The molecule has 3 nitrogen and oxygen atoms in total. The van der Waals surface area contributed by atoms with Crippen molar-refractivity contribution >= 4 is 5.91 Å². The SMILES string of the molecule is NC(=O)c1ccc(-c2cccc([C@@H]3C[C@H]3NCC3CC3)c2-c2ccccc2)cc1. The summed E-state index contributed by atoms with van der Waals surface area (Å²) in [7, 11) is 0. The van der Waals surface area contributed by atoms with E-state index in [4.69, 9.17) is 5.73 Å². The van der Waals surface area contributed by atoms with Gasteiger partial charge in [0.25, 0.3) is 0 Å². The summed E-state index contributed by atoms with van der Waals surface area (Å²) in [5.74, 6) is 1.07. The average molecular weight is 383 g/mol. The highest BCUT2D eigenvalue weighted by molar-refractivity contribution is 5.94. The second-order valence-corrected chi connectivity index (χ2v) is 8.38. The van der Waals surface area contributed by atoms with Crippen molar-refractivity contribution in [2.45, 2.75) is 31.2 Å².